The number of ether oxygens (including phenoxy) is 2. The molecule has 4 rings (SSSR count). The summed E-state index contributed by atoms with van der Waals surface area (Å²) in [5.41, 5.74) is 7.11. The number of allylic oxidation sites excluding steroid dienone is 2. The van der Waals surface area contributed by atoms with Crippen LogP contribution in [0.25, 0.3) is 0 Å². The molecule has 1 fully saturated rings. The van der Waals surface area contributed by atoms with Crippen molar-refractivity contribution in [3.05, 3.63) is 82.7 Å². The fourth-order valence-electron chi connectivity index (χ4n) is 4.76. The van der Waals surface area contributed by atoms with Crippen molar-refractivity contribution in [3.63, 3.8) is 0 Å². The van der Waals surface area contributed by atoms with Gasteiger partial charge in [-0.3, -0.25) is 9.59 Å². The molecule has 1 unspecified atom stereocenters. The molecule has 0 saturated carbocycles. The topological polar surface area (TPSA) is 118 Å². The second kappa shape index (κ2) is 13.7. The highest BCUT2D eigenvalue weighted by Gasteiger charge is 2.36. The number of anilines is 2. The number of carbonyl (C=O) groups is 2. The Labute approximate surface area is 265 Å². The second-order valence-corrected chi connectivity index (χ2v) is 13.1. The van der Waals surface area contributed by atoms with E-state index in [0.29, 0.717) is 29.9 Å². The molecule has 2 heterocycles. The van der Waals surface area contributed by atoms with Crippen LogP contribution in [0.5, 0.6) is 0 Å². The zero-order chi connectivity index (χ0) is 33.0. The minimum atomic E-state index is -4.58. The van der Waals surface area contributed by atoms with Crippen LogP contribution in [-0.2, 0) is 32.5 Å². The van der Waals surface area contributed by atoms with Crippen molar-refractivity contribution in [2.75, 3.05) is 24.2 Å². The Hall–Kier alpha value is -3.84. The number of esters is 1. The van der Waals surface area contributed by atoms with Crippen LogP contribution in [0.4, 0.5) is 29.3 Å². The van der Waals surface area contributed by atoms with Gasteiger partial charge in [0, 0.05) is 18.5 Å². The lowest BCUT2D eigenvalue weighted by atomic mass is 9.92. The molecule has 2 aliphatic heterocycles. The number of carbonyl (C=O) groups excluding carboxylic acids is 2. The van der Waals surface area contributed by atoms with Crippen LogP contribution in [0.1, 0.15) is 70.6 Å². The number of nitrogen functional groups attached to an aromatic ring is 1. The monoisotopic (exact) mass is 647 g/mol. The van der Waals surface area contributed by atoms with E-state index in [1.165, 1.54) is 12.1 Å². The molecule has 0 bridgehead atoms. The Morgan fingerprint density at radius 1 is 1.09 bits per heavy atom. The molecule has 0 aromatic heterocycles. The SMILES string of the molecule is CC1=CO/C(=C2/CCCCN2)N1Cc1cccc(NC(=O)SNC(C)(COC(=O)C(C)(C)C)c2cccc(C(F)(F)F)c2)c1N. The summed E-state index contributed by atoms with van der Waals surface area (Å²) in [6.45, 7) is 9.50. The quantitative estimate of drug-likeness (QED) is 0.134. The largest absolute Gasteiger partial charge is 0.463 e. The molecule has 13 heteroatoms. The van der Waals surface area contributed by atoms with Crippen LogP contribution in [-0.4, -0.2) is 29.3 Å². The lowest BCUT2D eigenvalue weighted by Gasteiger charge is -2.32. The van der Waals surface area contributed by atoms with Crippen molar-refractivity contribution in [1.29, 1.82) is 0 Å². The van der Waals surface area contributed by atoms with E-state index in [1.807, 2.05) is 17.9 Å². The fourth-order valence-corrected chi connectivity index (χ4v) is 5.41. The lowest BCUT2D eigenvalue weighted by molar-refractivity contribution is -0.155. The second-order valence-electron chi connectivity index (χ2n) is 12.4. The maximum absolute atomic E-state index is 13.5. The Kier molecular flexibility index (Phi) is 10.3. The third kappa shape index (κ3) is 8.46. The van der Waals surface area contributed by atoms with Crippen molar-refractivity contribution < 1.29 is 32.2 Å². The van der Waals surface area contributed by atoms with Crippen LogP contribution in [0.3, 0.4) is 0 Å². The van der Waals surface area contributed by atoms with Crippen LogP contribution >= 0.6 is 11.9 Å². The van der Waals surface area contributed by atoms with Gasteiger partial charge in [0.15, 0.2) is 0 Å². The highest BCUT2D eigenvalue weighted by molar-refractivity contribution is 8.12. The highest BCUT2D eigenvalue weighted by atomic mass is 32.2. The van der Waals surface area contributed by atoms with Gasteiger partial charge < -0.3 is 30.7 Å². The molecule has 2 aromatic carbocycles. The van der Waals surface area contributed by atoms with Crippen molar-refractivity contribution in [3.8, 4) is 0 Å². The molecule has 1 atom stereocenters. The summed E-state index contributed by atoms with van der Waals surface area (Å²) in [6, 6.07) is 10.00. The van der Waals surface area contributed by atoms with E-state index in [4.69, 9.17) is 15.2 Å². The zero-order valence-electron chi connectivity index (χ0n) is 26.1. The number of amides is 1. The van der Waals surface area contributed by atoms with E-state index < -0.39 is 33.9 Å². The number of alkyl halides is 3. The predicted octanol–water partition coefficient (Wildman–Crippen LogP) is 7.20. The molecule has 9 nitrogen and oxygen atoms in total. The van der Waals surface area contributed by atoms with Gasteiger partial charge in [-0.25, -0.2) is 4.72 Å². The lowest BCUT2D eigenvalue weighted by Crippen LogP contribution is -2.43. The number of halogens is 3. The van der Waals surface area contributed by atoms with Gasteiger partial charge in [0.05, 0.1) is 45.8 Å². The standard InChI is InChI=1S/C32H40F3N5O4S/c1-20-18-43-27(25-13-6-7-15-37-25)40(20)17-21-10-8-14-24(26(21)36)38-29(42)45-39-31(5,19-44-28(41)30(2,3)4)22-11-9-12-23(16-22)32(33,34)35/h8-12,14,16,18,37,39H,6-7,13,15,17,19,36H2,1-5H3,(H,38,42)/b27-25-. The van der Waals surface area contributed by atoms with E-state index in [9.17, 15) is 22.8 Å². The maximum atomic E-state index is 13.5. The maximum Gasteiger partial charge on any atom is 0.416 e. The van der Waals surface area contributed by atoms with E-state index >= 15 is 0 Å². The van der Waals surface area contributed by atoms with Crippen molar-refractivity contribution >= 4 is 34.5 Å². The number of benzene rings is 2. The van der Waals surface area contributed by atoms with Crippen molar-refractivity contribution in [2.45, 2.75) is 72.1 Å². The van der Waals surface area contributed by atoms with Crippen LogP contribution in [0, 0.1) is 5.41 Å². The number of nitrogens with zero attached hydrogens (tertiary/aromatic N) is 1. The third-order valence-electron chi connectivity index (χ3n) is 7.52. The smallest absolute Gasteiger partial charge is 0.416 e. The Morgan fingerprint density at radius 2 is 1.80 bits per heavy atom. The summed E-state index contributed by atoms with van der Waals surface area (Å²) >= 11 is 0.629. The molecule has 0 radical (unpaired) electrons. The summed E-state index contributed by atoms with van der Waals surface area (Å²) in [6.07, 6.45) is 0.182. The molecule has 0 aliphatic carbocycles. The Morgan fingerprint density at radius 3 is 2.47 bits per heavy atom. The van der Waals surface area contributed by atoms with Gasteiger partial charge in [0.25, 0.3) is 5.24 Å². The third-order valence-corrected chi connectivity index (χ3v) is 8.36. The first-order valence-corrected chi connectivity index (χ1v) is 15.5. The van der Waals surface area contributed by atoms with Crippen LogP contribution < -0.4 is 21.1 Å². The normalized spacial score (nSPS) is 18.4. The number of hydrogen-bond acceptors (Lipinski definition) is 9. The number of nitrogens with two attached hydrogens (primary N) is 1. The summed E-state index contributed by atoms with van der Waals surface area (Å²) < 4.78 is 54.8. The number of piperidine rings is 1. The van der Waals surface area contributed by atoms with Gasteiger partial charge in [-0.15, -0.1) is 0 Å². The average molecular weight is 648 g/mol. The fraction of sp³-hybridized carbons (Fsp3) is 0.438. The highest BCUT2D eigenvalue weighted by Crippen LogP contribution is 2.35. The number of nitrogens with one attached hydrogen (secondary N) is 3. The van der Waals surface area contributed by atoms with Gasteiger partial charge in [-0.2, -0.15) is 13.2 Å². The van der Waals surface area contributed by atoms with E-state index in [-0.39, 0.29) is 12.2 Å². The predicted molar refractivity (Wildman–Crippen MR) is 169 cm³/mol. The van der Waals surface area contributed by atoms with Gasteiger partial charge >= 0.3 is 12.1 Å². The molecule has 1 amide bonds. The van der Waals surface area contributed by atoms with Crippen molar-refractivity contribution in [2.24, 2.45) is 5.41 Å². The van der Waals surface area contributed by atoms with Gasteiger partial charge in [-0.05, 0) is 83.2 Å². The number of para-hydroxylation sites is 1. The van der Waals surface area contributed by atoms with Gasteiger partial charge in [0.1, 0.15) is 12.9 Å². The first-order valence-electron chi connectivity index (χ1n) is 14.6. The average Bonchev–Trinajstić information content (AvgIpc) is 3.36. The van der Waals surface area contributed by atoms with Crippen LogP contribution in [0.2, 0.25) is 0 Å². The summed E-state index contributed by atoms with van der Waals surface area (Å²) in [4.78, 5) is 27.7. The molecule has 45 heavy (non-hydrogen) atoms. The summed E-state index contributed by atoms with van der Waals surface area (Å²) in [5, 5.41) is 5.63. The van der Waals surface area contributed by atoms with E-state index in [2.05, 4.69) is 15.4 Å². The molecule has 2 aliphatic rings. The Balaban J connectivity index is 1.49. The summed E-state index contributed by atoms with van der Waals surface area (Å²) in [7, 11) is 0. The minimum Gasteiger partial charge on any atom is -0.463 e. The molecule has 1 saturated heterocycles. The number of rotatable bonds is 8. The number of hydrogen-bond donors (Lipinski definition) is 4. The molecular formula is C32H40F3N5O4S. The molecule has 5 N–H and O–H groups in total. The van der Waals surface area contributed by atoms with Gasteiger partial charge in [0.2, 0.25) is 5.88 Å². The molecule has 2 aromatic rings. The zero-order valence-corrected chi connectivity index (χ0v) is 26.9. The van der Waals surface area contributed by atoms with E-state index in [0.717, 1.165) is 60.8 Å². The van der Waals surface area contributed by atoms with E-state index in [1.54, 1.807) is 46.1 Å². The van der Waals surface area contributed by atoms with Crippen molar-refractivity contribution in [1.82, 2.24) is 14.9 Å². The minimum absolute atomic E-state index is 0.189. The first kappa shape index (κ1) is 34.0. The molecular weight excluding hydrogens is 607 g/mol. The molecule has 0 spiro atoms. The molecule has 244 valence electrons. The Bertz CT molecular complexity index is 1480. The summed E-state index contributed by atoms with van der Waals surface area (Å²) in [5.74, 6) is 0.204. The van der Waals surface area contributed by atoms with Gasteiger partial charge in [-0.1, -0.05) is 24.3 Å². The van der Waals surface area contributed by atoms with Crippen LogP contribution in [0.15, 0.2) is 66.0 Å². The first-order chi connectivity index (χ1) is 21.1.